The van der Waals surface area contributed by atoms with Crippen LogP contribution in [0.3, 0.4) is 0 Å². The zero-order valence-electron chi connectivity index (χ0n) is 11.7. The molecule has 2 aromatic heterocycles. The van der Waals surface area contributed by atoms with Gasteiger partial charge in [0.1, 0.15) is 0 Å². The van der Waals surface area contributed by atoms with Crippen molar-refractivity contribution in [3.05, 3.63) is 36.5 Å². The first-order valence-electron chi connectivity index (χ1n) is 7.10. The second-order valence-electron chi connectivity index (χ2n) is 5.17. The standard InChI is InChI=1S/C14H18N6O/c15-13-12(16-6-7-17-13)14(21)20-9-2-1-4-11(20)10-19-8-3-5-18-19/h3,5-8,11H,1-2,4,9-10H2,(H2,15,17)/t11-/m1/s1. The van der Waals surface area contributed by atoms with Crippen molar-refractivity contribution in [1.29, 1.82) is 0 Å². The number of carbonyl (C=O) groups excluding carboxylic acids is 1. The van der Waals surface area contributed by atoms with Crippen LogP contribution in [0.15, 0.2) is 30.9 Å². The molecule has 3 heterocycles. The van der Waals surface area contributed by atoms with Crippen LogP contribution >= 0.6 is 0 Å². The predicted octanol–water partition coefficient (Wildman–Crippen LogP) is 0.950. The molecule has 7 nitrogen and oxygen atoms in total. The van der Waals surface area contributed by atoms with E-state index in [1.165, 1.54) is 12.4 Å². The molecule has 1 saturated heterocycles. The smallest absolute Gasteiger partial charge is 0.276 e. The number of hydrogen-bond donors (Lipinski definition) is 1. The Labute approximate surface area is 122 Å². The van der Waals surface area contributed by atoms with Crippen LogP contribution < -0.4 is 5.73 Å². The Hall–Kier alpha value is -2.44. The van der Waals surface area contributed by atoms with Crippen molar-refractivity contribution >= 4 is 11.7 Å². The number of aromatic nitrogens is 4. The molecule has 2 N–H and O–H groups in total. The number of anilines is 1. The van der Waals surface area contributed by atoms with Crippen molar-refractivity contribution in [3.63, 3.8) is 0 Å². The monoisotopic (exact) mass is 286 g/mol. The summed E-state index contributed by atoms with van der Waals surface area (Å²) in [6.07, 6.45) is 9.72. The summed E-state index contributed by atoms with van der Waals surface area (Å²) in [6.45, 7) is 1.42. The fraction of sp³-hybridized carbons (Fsp3) is 0.429. The molecule has 0 saturated carbocycles. The third-order valence-corrected chi connectivity index (χ3v) is 3.77. The highest BCUT2D eigenvalue weighted by Crippen LogP contribution is 2.21. The molecular formula is C14H18N6O. The summed E-state index contributed by atoms with van der Waals surface area (Å²) in [5.74, 6) is 0.0448. The minimum absolute atomic E-state index is 0.118. The molecule has 0 bridgehead atoms. The topological polar surface area (TPSA) is 89.9 Å². The van der Waals surface area contributed by atoms with Gasteiger partial charge in [-0.1, -0.05) is 0 Å². The fourth-order valence-corrected chi connectivity index (χ4v) is 2.73. The van der Waals surface area contributed by atoms with E-state index >= 15 is 0 Å². The van der Waals surface area contributed by atoms with E-state index < -0.39 is 0 Å². The largest absolute Gasteiger partial charge is 0.382 e. The lowest BCUT2D eigenvalue weighted by atomic mass is 10.0. The van der Waals surface area contributed by atoms with E-state index in [9.17, 15) is 4.79 Å². The van der Waals surface area contributed by atoms with E-state index in [4.69, 9.17) is 5.73 Å². The van der Waals surface area contributed by atoms with E-state index in [0.717, 1.165) is 25.8 Å². The number of hydrogen-bond acceptors (Lipinski definition) is 5. The molecule has 110 valence electrons. The molecule has 21 heavy (non-hydrogen) atoms. The zero-order valence-corrected chi connectivity index (χ0v) is 11.7. The number of carbonyl (C=O) groups is 1. The molecule has 0 aliphatic carbocycles. The van der Waals surface area contributed by atoms with Gasteiger partial charge in [0.25, 0.3) is 5.91 Å². The number of nitrogen functional groups attached to an aromatic ring is 1. The quantitative estimate of drug-likeness (QED) is 0.907. The van der Waals surface area contributed by atoms with Gasteiger partial charge in [0.05, 0.1) is 12.6 Å². The molecule has 0 spiro atoms. The van der Waals surface area contributed by atoms with Crippen LogP contribution in [0.5, 0.6) is 0 Å². The molecule has 3 rings (SSSR count). The average molecular weight is 286 g/mol. The van der Waals surface area contributed by atoms with Crippen LogP contribution in [0.4, 0.5) is 5.82 Å². The molecule has 0 radical (unpaired) electrons. The summed E-state index contributed by atoms with van der Waals surface area (Å²) in [5.41, 5.74) is 6.01. The van der Waals surface area contributed by atoms with Gasteiger partial charge >= 0.3 is 0 Å². The van der Waals surface area contributed by atoms with Crippen LogP contribution in [0.1, 0.15) is 29.8 Å². The van der Waals surface area contributed by atoms with Crippen LogP contribution in [0, 0.1) is 0 Å². The van der Waals surface area contributed by atoms with Gasteiger partial charge in [0.2, 0.25) is 0 Å². The van der Waals surface area contributed by atoms with E-state index in [1.54, 1.807) is 6.20 Å². The maximum atomic E-state index is 12.7. The first kappa shape index (κ1) is 13.5. The third-order valence-electron chi connectivity index (χ3n) is 3.77. The normalized spacial score (nSPS) is 18.7. The molecular weight excluding hydrogens is 268 g/mol. The Morgan fingerprint density at radius 1 is 1.29 bits per heavy atom. The first-order valence-corrected chi connectivity index (χ1v) is 7.10. The first-order chi connectivity index (χ1) is 10.3. The highest BCUT2D eigenvalue weighted by atomic mass is 16.2. The summed E-state index contributed by atoms with van der Waals surface area (Å²) in [5, 5.41) is 4.22. The van der Waals surface area contributed by atoms with E-state index in [-0.39, 0.29) is 23.5 Å². The second kappa shape index (κ2) is 5.90. The SMILES string of the molecule is Nc1nccnc1C(=O)N1CCCC[C@@H]1Cn1cccn1. The Bertz CT molecular complexity index is 612. The lowest BCUT2D eigenvalue weighted by Gasteiger charge is -2.35. The van der Waals surface area contributed by atoms with Crippen LogP contribution in [0.2, 0.25) is 0 Å². The summed E-state index contributed by atoms with van der Waals surface area (Å²) in [4.78, 5) is 22.6. The van der Waals surface area contributed by atoms with Crippen LogP contribution in [-0.4, -0.2) is 43.1 Å². The Morgan fingerprint density at radius 2 is 2.14 bits per heavy atom. The van der Waals surface area contributed by atoms with Gasteiger partial charge < -0.3 is 10.6 Å². The number of nitrogens with zero attached hydrogens (tertiary/aromatic N) is 5. The Kier molecular flexibility index (Phi) is 3.81. The minimum Gasteiger partial charge on any atom is -0.382 e. The van der Waals surface area contributed by atoms with Crippen molar-refractivity contribution in [2.24, 2.45) is 0 Å². The van der Waals surface area contributed by atoms with Gasteiger partial charge in [-0.3, -0.25) is 9.48 Å². The molecule has 1 fully saturated rings. The number of piperidine rings is 1. The molecule has 1 amide bonds. The fourth-order valence-electron chi connectivity index (χ4n) is 2.73. The van der Waals surface area contributed by atoms with E-state index in [2.05, 4.69) is 15.1 Å². The maximum Gasteiger partial charge on any atom is 0.276 e. The summed E-state index contributed by atoms with van der Waals surface area (Å²) < 4.78 is 1.86. The second-order valence-corrected chi connectivity index (χ2v) is 5.17. The molecule has 7 heteroatoms. The van der Waals surface area contributed by atoms with Gasteiger partial charge in [-0.05, 0) is 25.3 Å². The number of rotatable bonds is 3. The Morgan fingerprint density at radius 3 is 2.90 bits per heavy atom. The van der Waals surface area contributed by atoms with Gasteiger partial charge in [-0.2, -0.15) is 5.10 Å². The van der Waals surface area contributed by atoms with Crippen molar-refractivity contribution in [2.75, 3.05) is 12.3 Å². The predicted molar refractivity (Wildman–Crippen MR) is 77.3 cm³/mol. The van der Waals surface area contributed by atoms with Crippen LogP contribution in [-0.2, 0) is 6.54 Å². The molecule has 0 aromatic carbocycles. The zero-order chi connectivity index (χ0) is 14.7. The number of likely N-dealkylation sites (tertiary alicyclic amines) is 1. The van der Waals surface area contributed by atoms with Crippen molar-refractivity contribution < 1.29 is 4.79 Å². The van der Waals surface area contributed by atoms with E-state index in [0.29, 0.717) is 6.54 Å². The summed E-state index contributed by atoms with van der Waals surface area (Å²) in [7, 11) is 0. The molecule has 2 aromatic rings. The summed E-state index contributed by atoms with van der Waals surface area (Å²) in [6, 6.07) is 2.00. The van der Waals surface area contributed by atoms with Crippen molar-refractivity contribution in [3.8, 4) is 0 Å². The van der Waals surface area contributed by atoms with Gasteiger partial charge in [-0.25, -0.2) is 9.97 Å². The summed E-state index contributed by atoms with van der Waals surface area (Å²) >= 11 is 0. The highest BCUT2D eigenvalue weighted by Gasteiger charge is 2.29. The molecule has 1 aliphatic rings. The highest BCUT2D eigenvalue weighted by molar-refractivity contribution is 5.96. The molecule has 1 atom stereocenters. The Balaban J connectivity index is 1.80. The molecule has 0 unspecified atom stereocenters. The van der Waals surface area contributed by atoms with E-state index in [1.807, 2.05) is 21.8 Å². The average Bonchev–Trinajstić information content (AvgIpc) is 3.01. The number of nitrogens with two attached hydrogens (primary N) is 1. The van der Waals surface area contributed by atoms with Crippen molar-refractivity contribution in [1.82, 2.24) is 24.6 Å². The third kappa shape index (κ3) is 2.86. The van der Waals surface area contributed by atoms with Crippen molar-refractivity contribution in [2.45, 2.75) is 31.8 Å². The lowest BCUT2D eigenvalue weighted by molar-refractivity contribution is 0.0578. The van der Waals surface area contributed by atoms with Gasteiger partial charge in [0, 0.05) is 31.3 Å². The van der Waals surface area contributed by atoms with Gasteiger partial charge in [-0.15, -0.1) is 0 Å². The number of amides is 1. The minimum atomic E-state index is -0.141. The lowest BCUT2D eigenvalue weighted by Crippen LogP contribution is -2.46. The molecule has 1 aliphatic heterocycles. The van der Waals surface area contributed by atoms with Gasteiger partial charge in [0.15, 0.2) is 11.5 Å². The maximum absolute atomic E-state index is 12.7. The van der Waals surface area contributed by atoms with Crippen LogP contribution in [0.25, 0.3) is 0 Å².